The van der Waals surface area contributed by atoms with Gasteiger partial charge in [0, 0.05) is 62.4 Å². The molecule has 1 aliphatic rings. The van der Waals surface area contributed by atoms with E-state index in [-0.39, 0.29) is 286 Å². The number of piperazine rings is 1. The van der Waals surface area contributed by atoms with Crippen molar-refractivity contribution in [1.82, 2.24) is 0 Å². The molecule has 1 rings (SSSR count). The van der Waals surface area contributed by atoms with Gasteiger partial charge in [-0.05, 0) is 0 Å². The van der Waals surface area contributed by atoms with Crippen LogP contribution < -0.4 is 10.6 Å². The van der Waals surface area contributed by atoms with Gasteiger partial charge in [-0.25, -0.2) is 0 Å². The molecule has 56 heteroatoms. The maximum Gasteiger partial charge on any atom is 3.00 e. The number of rotatable bonds is 0. The van der Waals surface area contributed by atoms with Crippen LogP contribution in [0.4, 0.5) is 0 Å². The van der Waals surface area contributed by atoms with Gasteiger partial charge in [-0.3, -0.25) is 50.5 Å². The van der Waals surface area contributed by atoms with E-state index in [0.717, 1.165) is 0 Å². The van der Waals surface area contributed by atoms with Crippen LogP contribution in [0.2, 0.25) is 0 Å². The van der Waals surface area contributed by atoms with E-state index >= 15 is 0 Å². The summed E-state index contributed by atoms with van der Waals surface area (Å²) in [7, 11) is -31.0. The minimum Gasteiger partial charge on any atom is -2.00 e. The maximum atomic E-state index is 8.52. The smallest absolute Gasteiger partial charge is 2.00 e. The Morgan fingerprint density at radius 3 is 0.317 bits per heavy atom. The Balaban J connectivity index is -0.00000000587. The Kier molecular flexibility index (Phi) is 418. The second kappa shape index (κ2) is 115. The van der Waals surface area contributed by atoms with Gasteiger partial charge in [0.1, 0.15) is 26.2 Å². The largest absolute Gasteiger partial charge is 3.00 e. The van der Waals surface area contributed by atoms with Crippen molar-refractivity contribution in [3.05, 3.63) is 0 Å². The molecule has 1 aliphatic heterocycles. The van der Waals surface area contributed by atoms with Gasteiger partial charge >= 0.3 is 187 Å². The summed E-state index contributed by atoms with van der Waals surface area (Å²) in [5.41, 5.74) is 0. The standard InChI is InChI=1S/C4H10N2.2Cr.4Dy.6H2O4S.16H2O.2O/c1-2-6-4-3-5-1;;;;;;;6*1-5(2,3)4;;;;;;;;;;;;;;;;;;/h5-6H,1-4H2;;;;;;;6*(H2,1,2,3,4);16*1H2;;/q;6*+3;;;;;;;;;;;;;;;;;;;;;;;2*-2/p-4. The fourth-order valence-corrected chi connectivity index (χ4v) is 0.760. The molecule has 1 heterocycles. The molecule has 0 aliphatic carbocycles. The molecule has 1 saturated heterocycles. The number of hydrogen-bond acceptors (Lipinski definition) is 28. The first-order valence-electron chi connectivity index (χ1n) is 6.63. The zero-order valence-electron chi connectivity index (χ0n) is 27.7. The molecule has 0 bridgehead atoms. The first-order valence-corrected chi connectivity index (χ1v) is 14.6. The van der Waals surface area contributed by atoms with E-state index < -0.39 is 62.4 Å². The topological polar surface area (TPSA) is 1080 Å². The summed E-state index contributed by atoms with van der Waals surface area (Å²) in [5.74, 6) is 0. The van der Waals surface area contributed by atoms with Crippen LogP contribution in [-0.4, -0.2) is 164 Å². The van der Waals surface area contributed by atoms with Crippen molar-refractivity contribution in [1.29, 1.82) is 0 Å². The molecule has 0 aromatic carbocycles. The molecule has 0 atom stereocenters. The molecule has 42 N–H and O–H groups in total. The Bertz CT molecular complexity index is 905. The van der Waals surface area contributed by atoms with Crippen LogP contribution in [0.25, 0.3) is 0 Å². The molecule has 60 heavy (non-hydrogen) atoms. The third-order valence-corrected chi connectivity index (χ3v) is 1.15. The molecule has 0 amide bonds. The van der Waals surface area contributed by atoms with Crippen LogP contribution in [-0.2, 0) is 163 Å². The van der Waals surface area contributed by atoms with E-state index in [1.54, 1.807) is 0 Å². The van der Waals surface area contributed by atoms with Crippen molar-refractivity contribution in [2.24, 2.45) is 0 Å². The van der Waals surface area contributed by atoms with Crippen LogP contribution >= 0.6 is 0 Å². The summed E-state index contributed by atoms with van der Waals surface area (Å²) in [6, 6.07) is 0. The van der Waals surface area contributed by atoms with Gasteiger partial charge in [0.2, 0.25) is 0 Å². The zero-order chi connectivity index (χ0) is 31.2. The Hall–Kier alpha value is 4.58. The van der Waals surface area contributed by atoms with Crippen molar-refractivity contribution in [3.8, 4) is 0 Å². The molecule has 0 spiro atoms. The Morgan fingerprint density at radius 1 is 0.267 bits per heavy atom. The van der Waals surface area contributed by atoms with Crippen molar-refractivity contribution >= 4 is 62.4 Å². The number of quaternary nitrogens is 2. The Labute approximate surface area is 482 Å². The SMILES string of the molecule is C1C[NH2+]CC[NH2+]1.O.O.O=S(=O)([O-])[O-].O=S(=O)([O-])[O-].O=S(=O)([O-])[O-].O=S(=O)([O-])[O-].O=S(=O)([O-])[O-].O=S(=O)([O-])[O-].[Cr+3].[Cr+3].[Dy+3].[Dy+3].[Dy+3].[Dy+3].[O-2].[O-2].[OH-].[OH-].[OH-].[OH-].[OH3+].[OH3+].[OH3+].[OH3+].[OH3+].[OH3+].[OH3+].[OH3+].[OH3+].[OH3+]. The monoisotopic (exact) mass is 1750 g/mol. The fourth-order valence-electron chi connectivity index (χ4n) is 0.760. The van der Waals surface area contributed by atoms with E-state index in [4.69, 9.17) is 105 Å². The first kappa shape index (κ1) is 218. The summed E-state index contributed by atoms with van der Waals surface area (Å²) in [4.78, 5) is 0. The number of nitrogens with two attached hydrogens (primary N) is 2. The van der Waals surface area contributed by atoms with Crippen LogP contribution in [0.15, 0.2) is 0 Å². The Morgan fingerprint density at radius 2 is 0.300 bits per heavy atom. The molecular formula is C4H50Cr2Dy4N2O42S6+10. The van der Waals surface area contributed by atoms with Crippen molar-refractivity contribution < 1.29 is 402 Å². The third kappa shape index (κ3) is 2120. The quantitative estimate of drug-likeness (QED) is 0.129. The van der Waals surface area contributed by atoms with Gasteiger partial charge < -0.3 is 164 Å². The summed E-state index contributed by atoms with van der Waals surface area (Å²) < 4.78 is 205. The van der Waals surface area contributed by atoms with Gasteiger partial charge in [-0.15, -0.1) is 0 Å². The summed E-state index contributed by atoms with van der Waals surface area (Å²) in [6.45, 7) is 5.28. The van der Waals surface area contributed by atoms with E-state index in [2.05, 4.69) is 10.6 Å². The second-order valence-corrected chi connectivity index (χ2v) is 9.08. The molecule has 1 fully saturated rings. The summed E-state index contributed by atoms with van der Waals surface area (Å²) in [6.07, 6.45) is 0. The first-order chi connectivity index (χ1) is 15.0. The molecule has 0 unspecified atom stereocenters. The van der Waals surface area contributed by atoms with Gasteiger partial charge in [0.15, 0.2) is 0 Å². The van der Waals surface area contributed by atoms with Crippen LogP contribution in [0, 0.1) is 153 Å². The molecule has 44 nitrogen and oxygen atoms in total. The third-order valence-electron chi connectivity index (χ3n) is 1.15. The molecule has 406 valence electrons. The molecular weight excluding hydrogens is 1690 g/mol. The van der Waals surface area contributed by atoms with E-state index in [0.29, 0.717) is 0 Å². The molecule has 0 aromatic heterocycles. The van der Waals surface area contributed by atoms with Gasteiger partial charge in [0.05, 0.1) is 0 Å². The van der Waals surface area contributed by atoms with Crippen molar-refractivity contribution in [2.45, 2.75) is 0 Å². The fraction of sp³-hybridized carbons (Fsp3) is 1.00. The van der Waals surface area contributed by atoms with Crippen molar-refractivity contribution in [3.63, 3.8) is 0 Å². The van der Waals surface area contributed by atoms with E-state index in [1.165, 1.54) is 26.2 Å². The maximum absolute atomic E-state index is 8.52. The minimum atomic E-state index is -5.17. The van der Waals surface area contributed by atoms with Gasteiger partial charge in [0.25, 0.3) is 0 Å². The predicted molar refractivity (Wildman–Crippen MR) is 151 cm³/mol. The van der Waals surface area contributed by atoms with Crippen molar-refractivity contribution in [2.75, 3.05) is 26.2 Å². The second-order valence-electron chi connectivity index (χ2n) is 4.18. The van der Waals surface area contributed by atoms with E-state index in [1.807, 2.05) is 0 Å². The molecule has 6 radical (unpaired) electrons. The molecule has 0 aromatic rings. The molecule has 0 saturated carbocycles. The van der Waals surface area contributed by atoms with Crippen LogP contribution in [0.5, 0.6) is 0 Å². The van der Waals surface area contributed by atoms with Crippen LogP contribution in [0.3, 0.4) is 0 Å². The summed E-state index contributed by atoms with van der Waals surface area (Å²) in [5, 5.41) is 4.72. The van der Waals surface area contributed by atoms with Gasteiger partial charge in [-0.2, -0.15) is 0 Å². The predicted octanol–water partition coefficient (Wildman–Crippen LogP) is -22.7. The average molecular weight is 1740 g/mol. The average Bonchev–Trinajstić information content (AvgIpc) is 2.37. The minimum absolute atomic E-state index is 0. The van der Waals surface area contributed by atoms with Gasteiger partial charge in [-0.1, -0.05) is 0 Å². The van der Waals surface area contributed by atoms with Crippen LogP contribution in [0.1, 0.15) is 0 Å². The number of hydrogen-bond donors (Lipinski definition) is 2. The normalized spacial score (nSPS) is 8.20. The van der Waals surface area contributed by atoms with E-state index in [9.17, 15) is 0 Å². The summed E-state index contributed by atoms with van der Waals surface area (Å²) >= 11 is 0. The zero-order valence-corrected chi connectivity index (χ0v) is 43.3.